The van der Waals surface area contributed by atoms with E-state index >= 15 is 0 Å². The summed E-state index contributed by atoms with van der Waals surface area (Å²) >= 11 is 6.03. The molecule has 0 aliphatic carbocycles. The Labute approximate surface area is 144 Å². The van der Waals surface area contributed by atoms with Gasteiger partial charge in [0.05, 0.1) is 5.92 Å². The molecule has 1 heterocycles. The van der Waals surface area contributed by atoms with Crippen LogP contribution in [0.3, 0.4) is 0 Å². The minimum Gasteiger partial charge on any atom is -0.288 e. The summed E-state index contributed by atoms with van der Waals surface area (Å²) in [5.74, 6) is -2.44. The molecule has 5 heteroatoms. The van der Waals surface area contributed by atoms with Crippen LogP contribution in [0.2, 0.25) is 5.02 Å². The maximum absolute atomic E-state index is 12.3. The SMILES string of the molecule is O=C1C(=O)N(C(=O)/C=C/c2ccccc2Cl)C[C@H]1c1ccccc1. The second kappa shape index (κ2) is 6.81. The lowest BCUT2D eigenvalue weighted by molar-refractivity contribution is -0.145. The number of ketones is 1. The van der Waals surface area contributed by atoms with E-state index in [2.05, 4.69) is 0 Å². The number of Topliss-reactive ketones (excluding diaryl/α,β-unsaturated/α-hetero) is 1. The van der Waals surface area contributed by atoms with Crippen molar-refractivity contribution in [3.63, 3.8) is 0 Å². The maximum atomic E-state index is 12.3. The third kappa shape index (κ3) is 3.14. The summed E-state index contributed by atoms with van der Waals surface area (Å²) in [5, 5.41) is 0.507. The summed E-state index contributed by atoms with van der Waals surface area (Å²) < 4.78 is 0. The number of hydrogen-bond donors (Lipinski definition) is 0. The van der Waals surface area contributed by atoms with Crippen LogP contribution in [0.25, 0.3) is 6.08 Å². The Morgan fingerprint density at radius 2 is 1.71 bits per heavy atom. The van der Waals surface area contributed by atoms with Gasteiger partial charge in [0.2, 0.25) is 5.78 Å². The van der Waals surface area contributed by atoms with Crippen LogP contribution < -0.4 is 0 Å². The summed E-state index contributed by atoms with van der Waals surface area (Å²) in [7, 11) is 0. The van der Waals surface area contributed by atoms with Crippen molar-refractivity contribution in [3.8, 4) is 0 Å². The molecule has 0 unspecified atom stereocenters. The molecule has 1 fully saturated rings. The van der Waals surface area contributed by atoms with Crippen molar-refractivity contribution in [2.75, 3.05) is 6.54 Å². The second-order valence-corrected chi connectivity index (χ2v) is 5.84. The highest BCUT2D eigenvalue weighted by Gasteiger charge is 2.41. The van der Waals surface area contributed by atoms with E-state index in [0.717, 1.165) is 10.5 Å². The predicted molar refractivity (Wildman–Crippen MR) is 91.4 cm³/mol. The van der Waals surface area contributed by atoms with Gasteiger partial charge < -0.3 is 0 Å². The normalized spacial score (nSPS) is 17.7. The van der Waals surface area contributed by atoms with E-state index in [-0.39, 0.29) is 6.54 Å². The highest BCUT2D eigenvalue weighted by atomic mass is 35.5. The lowest BCUT2D eigenvalue weighted by Crippen LogP contribution is -2.32. The molecule has 4 nitrogen and oxygen atoms in total. The van der Waals surface area contributed by atoms with E-state index in [1.54, 1.807) is 48.5 Å². The predicted octanol–water partition coefficient (Wildman–Crippen LogP) is 3.07. The van der Waals surface area contributed by atoms with Crippen LogP contribution in [0.5, 0.6) is 0 Å². The molecule has 0 spiro atoms. The van der Waals surface area contributed by atoms with Crippen LogP contribution >= 0.6 is 11.6 Å². The Bertz CT molecular complexity index is 830. The van der Waals surface area contributed by atoms with Crippen LogP contribution in [0.4, 0.5) is 0 Å². The molecule has 3 rings (SSSR count). The van der Waals surface area contributed by atoms with Gasteiger partial charge >= 0.3 is 0 Å². The monoisotopic (exact) mass is 339 g/mol. The van der Waals surface area contributed by atoms with E-state index in [4.69, 9.17) is 11.6 Å². The molecule has 0 radical (unpaired) electrons. The Morgan fingerprint density at radius 1 is 1.04 bits per heavy atom. The molecule has 0 N–H and O–H groups in total. The first-order chi connectivity index (χ1) is 11.6. The number of likely N-dealkylation sites (tertiary alicyclic amines) is 1. The fourth-order valence-corrected chi connectivity index (χ4v) is 2.82. The van der Waals surface area contributed by atoms with Gasteiger partial charge in [0.25, 0.3) is 11.8 Å². The van der Waals surface area contributed by atoms with Gasteiger partial charge in [0.1, 0.15) is 0 Å². The number of imide groups is 1. The van der Waals surface area contributed by atoms with Gasteiger partial charge in [-0.3, -0.25) is 19.3 Å². The standard InChI is InChI=1S/C19H14ClNO3/c20-16-9-5-4-8-14(16)10-11-17(22)21-12-15(18(23)19(21)24)13-6-2-1-3-7-13/h1-11,15H,12H2/b11-10+/t15-/m0/s1. The molecule has 120 valence electrons. The van der Waals surface area contributed by atoms with Crippen molar-refractivity contribution >= 4 is 35.3 Å². The zero-order valence-corrected chi connectivity index (χ0v) is 13.4. The topological polar surface area (TPSA) is 54.5 Å². The van der Waals surface area contributed by atoms with E-state index in [1.807, 2.05) is 6.07 Å². The second-order valence-electron chi connectivity index (χ2n) is 5.44. The van der Waals surface area contributed by atoms with Crippen molar-refractivity contribution in [1.29, 1.82) is 0 Å². The molecule has 1 atom stereocenters. The Balaban J connectivity index is 1.78. The highest BCUT2D eigenvalue weighted by Crippen LogP contribution is 2.25. The summed E-state index contributed by atoms with van der Waals surface area (Å²) in [6, 6.07) is 16.1. The number of nitrogens with zero attached hydrogens (tertiary/aromatic N) is 1. The summed E-state index contributed by atoms with van der Waals surface area (Å²) in [5.41, 5.74) is 1.41. The van der Waals surface area contributed by atoms with Crippen LogP contribution in [0.1, 0.15) is 17.0 Å². The number of carbonyl (C=O) groups excluding carboxylic acids is 3. The number of hydrogen-bond acceptors (Lipinski definition) is 3. The molecule has 2 amide bonds. The van der Waals surface area contributed by atoms with E-state index < -0.39 is 23.5 Å². The number of benzene rings is 2. The minimum absolute atomic E-state index is 0.0629. The van der Waals surface area contributed by atoms with Gasteiger partial charge in [-0.25, -0.2) is 0 Å². The van der Waals surface area contributed by atoms with Gasteiger partial charge in [0.15, 0.2) is 0 Å². The number of carbonyl (C=O) groups is 3. The van der Waals surface area contributed by atoms with Gasteiger partial charge in [-0.15, -0.1) is 0 Å². The quantitative estimate of drug-likeness (QED) is 0.638. The molecule has 1 aliphatic rings. The molecule has 1 saturated heterocycles. The molecule has 24 heavy (non-hydrogen) atoms. The third-order valence-electron chi connectivity index (χ3n) is 3.92. The van der Waals surface area contributed by atoms with Crippen molar-refractivity contribution in [2.24, 2.45) is 0 Å². The zero-order valence-electron chi connectivity index (χ0n) is 12.7. The smallest absolute Gasteiger partial charge is 0.288 e. The average molecular weight is 340 g/mol. The fourth-order valence-electron chi connectivity index (χ4n) is 2.62. The summed E-state index contributed by atoms with van der Waals surface area (Å²) in [4.78, 5) is 37.5. The average Bonchev–Trinajstić information content (AvgIpc) is 2.90. The molecule has 1 aliphatic heterocycles. The first-order valence-electron chi connectivity index (χ1n) is 7.45. The third-order valence-corrected chi connectivity index (χ3v) is 4.26. The van der Waals surface area contributed by atoms with Crippen LogP contribution in [-0.4, -0.2) is 29.0 Å². The summed E-state index contributed by atoms with van der Waals surface area (Å²) in [6.07, 6.45) is 2.80. The first-order valence-corrected chi connectivity index (χ1v) is 7.83. The highest BCUT2D eigenvalue weighted by molar-refractivity contribution is 6.43. The van der Waals surface area contributed by atoms with Gasteiger partial charge in [-0.2, -0.15) is 0 Å². The van der Waals surface area contributed by atoms with E-state index in [9.17, 15) is 14.4 Å². The molecule has 2 aromatic rings. The molecule has 0 bridgehead atoms. The van der Waals surface area contributed by atoms with E-state index in [1.165, 1.54) is 12.2 Å². The van der Waals surface area contributed by atoms with Crippen molar-refractivity contribution in [1.82, 2.24) is 4.90 Å². The Kier molecular flexibility index (Phi) is 4.58. The number of rotatable bonds is 3. The first kappa shape index (κ1) is 16.1. The van der Waals surface area contributed by atoms with Gasteiger partial charge in [-0.1, -0.05) is 60.1 Å². The molecular formula is C19H14ClNO3. The van der Waals surface area contributed by atoms with Gasteiger partial charge in [-0.05, 0) is 23.3 Å². The lowest BCUT2D eigenvalue weighted by atomic mass is 9.97. The zero-order chi connectivity index (χ0) is 17.1. The lowest BCUT2D eigenvalue weighted by Gasteiger charge is -2.11. The Hall–Kier alpha value is -2.72. The van der Waals surface area contributed by atoms with Crippen LogP contribution in [-0.2, 0) is 14.4 Å². The van der Waals surface area contributed by atoms with Crippen molar-refractivity contribution in [3.05, 3.63) is 76.8 Å². The Morgan fingerprint density at radius 3 is 2.42 bits per heavy atom. The van der Waals surface area contributed by atoms with Gasteiger partial charge in [0, 0.05) is 17.6 Å². The van der Waals surface area contributed by atoms with Crippen LogP contribution in [0.15, 0.2) is 60.7 Å². The van der Waals surface area contributed by atoms with Crippen molar-refractivity contribution < 1.29 is 14.4 Å². The maximum Gasteiger partial charge on any atom is 0.297 e. The van der Waals surface area contributed by atoms with E-state index in [0.29, 0.717) is 10.6 Å². The number of halogens is 1. The number of amides is 2. The largest absolute Gasteiger partial charge is 0.297 e. The van der Waals surface area contributed by atoms with Crippen molar-refractivity contribution in [2.45, 2.75) is 5.92 Å². The minimum atomic E-state index is -0.766. The molecule has 2 aromatic carbocycles. The fraction of sp³-hybridized carbons (Fsp3) is 0.105. The molecular weight excluding hydrogens is 326 g/mol. The molecule has 0 saturated carbocycles. The molecule has 0 aromatic heterocycles. The van der Waals surface area contributed by atoms with Crippen LogP contribution in [0, 0.1) is 0 Å². The summed E-state index contributed by atoms with van der Waals surface area (Å²) in [6.45, 7) is 0.0629.